The summed E-state index contributed by atoms with van der Waals surface area (Å²) in [7, 11) is 0. The number of nitrogens with zero attached hydrogens (tertiary/aromatic N) is 2. The number of hydrogen-bond acceptors (Lipinski definition) is 1. The summed E-state index contributed by atoms with van der Waals surface area (Å²) in [5, 5.41) is 10.1. The summed E-state index contributed by atoms with van der Waals surface area (Å²) in [5.41, 5.74) is 0.204. The minimum absolute atomic E-state index is 0.130. The molecule has 0 amide bonds. The zero-order valence-corrected chi connectivity index (χ0v) is 8.64. The van der Waals surface area contributed by atoms with E-state index in [-0.39, 0.29) is 5.03 Å². The van der Waals surface area contributed by atoms with Gasteiger partial charge in [-0.3, -0.25) is 0 Å². The monoisotopic (exact) mass is 195 g/mol. The number of anilines is 1. The Balaban J connectivity index is 3.08. The summed E-state index contributed by atoms with van der Waals surface area (Å²) in [6.07, 6.45) is 0. The summed E-state index contributed by atoms with van der Waals surface area (Å²) in [6.45, 7) is 5.54. The summed E-state index contributed by atoms with van der Waals surface area (Å²) in [4.78, 5) is 11.0. The summed E-state index contributed by atoms with van der Waals surface area (Å²) in [6, 6.07) is 9.03. The van der Waals surface area contributed by atoms with Crippen LogP contribution in [0.15, 0.2) is 30.3 Å². The Hall–Kier alpha value is -1.58. The third-order valence-corrected chi connectivity index (χ3v) is 1.81. The first-order chi connectivity index (χ1) is 6.43. The Morgan fingerprint density at radius 3 is 2.07 bits per heavy atom. The molecule has 0 aliphatic rings. The predicted molar refractivity (Wildman–Crippen MR) is 54.1 cm³/mol. The molecule has 0 saturated heterocycles. The lowest BCUT2D eigenvalue weighted by Gasteiger charge is -2.23. The number of benzene rings is 1. The second-order valence-electron chi connectivity index (χ2n) is 4.07. The quantitative estimate of drug-likeness (QED) is 0.737. The van der Waals surface area contributed by atoms with E-state index in [0.717, 1.165) is 0 Å². The molecular weight excluding hydrogens is 180 g/mol. The molecule has 0 unspecified atom stereocenters. The highest BCUT2D eigenvalue weighted by Crippen LogP contribution is 2.22. The van der Waals surface area contributed by atoms with Crippen LogP contribution in [0.2, 0.25) is 0 Å². The lowest BCUT2D eigenvalue weighted by atomic mass is 10.1. The Morgan fingerprint density at radius 1 is 1.21 bits per heavy atom. The SMILES string of the molecule is CC(C)(C)N(c1ccccc1)[N+](=O)O. The molecule has 4 nitrogen and oxygen atoms in total. The van der Waals surface area contributed by atoms with E-state index < -0.39 is 5.54 Å². The average Bonchev–Trinajstić information content (AvgIpc) is 2.02. The molecule has 0 saturated carbocycles. The van der Waals surface area contributed by atoms with Crippen molar-refractivity contribution in [2.24, 2.45) is 0 Å². The van der Waals surface area contributed by atoms with Crippen molar-refractivity contribution < 1.29 is 10.2 Å². The van der Waals surface area contributed by atoms with Gasteiger partial charge in [0.15, 0.2) is 0 Å². The molecule has 0 heterocycles. The second kappa shape index (κ2) is 3.65. The Morgan fingerprint density at radius 2 is 1.71 bits per heavy atom. The molecular formula is C10H15N2O2+. The normalized spacial score (nSPS) is 11.1. The lowest BCUT2D eigenvalue weighted by Crippen LogP contribution is -2.46. The number of hydrogen-bond donors (Lipinski definition) is 1. The van der Waals surface area contributed by atoms with Crippen LogP contribution in [0.1, 0.15) is 20.8 Å². The zero-order chi connectivity index (χ0) is 10.8. The number of hydrazine groups is 1. The van der Waals surface area contributed by atoms with Crippen LogP contribution in [0, 0.1) is 4.91 Å². The van der Waals surface area contributed by atoms with E-state index in [1.807, 2.05) is 39.0 Å². The smallest absolute Gasteiger partial charge is 0.219 e. The van der Waals surface area contributed by atoms with Crippen LogP contribution < -0.4 is 5.01 Å². The Bertz CT molecular complexity index is 317. The fourth-order valence-corrected chi connectivity index (χ4v) is 1.31. The van der Waals surface area contributed by atoms with Crippen LogP contribution in [0.5, 0.6) is 0 Å². The van der Waals surface area contributed by atoms with Gasteiger partial charge in [-0.1, -0.05) is 23.2 Å². The zero-order valence-electron chi connectivity index (χ0n) is 8.64. The first-order valence-corrected chi connectivity index (χ1v) is 4.44. The van der Waals surface area contributed by atoms with Crippen molar-refractivity contribution >= 4 is 5.69 Å². The van der Waals surface area contributed by atoms with Gasteiger partial charge in [0.1, 0.15) is 16.1 Å². The molecule has 1 aromatic carbocycles. The molecule has 0 bridgehead atoms. The van der Waals surface area contributed by atoms with Gasteiger partial charge in [0.2, 0.25) is 0 Å². The topological polar surface area (TPSA) is 43.5 Å². The van der Waals surface area contributed by atoms with E-state index >= 15 is 0 Å². The highest BCUT2D eigenvalue weighted by atomic mass is 16.7. The second-order valence-corrected chi connectivity index (χ2v) is 4.07. The Labute approximate surface area is 83.3 Å². The largest absolute Gasteiger partial charge is 0.362 e. The van der Waals surface area contributed by atoms with Crippen molar-refractivity contribution in [1.82, 2.24) is 0 Å². The van der Waals surface area contributed by atoms with Gasteiger partial charge >= 0.3 is 5.03 Å². The summed E-state index contributed by atoms with van der Waals surface area (Å²) < 4.78 is 0. The minimum atomic E-state index is -0.460. The first kappa shape index (κ1) is 10.5. The average molecular weight is 195 g/mol. The molecule has 76 valence electrons. The van der Waals surface area contributed by atoms with Crippen LogP contribution in [-0.4, -0.2) is 15.8 Å². The molecule has 14 heavy (non-hydrogen) atoms. The fourth-order valence-electron chi connectivity index (χ4n) is 1.31. The molecule has 0 spiro atoms. The van der Waals surface area contributed by atoms with Gasteiger partial charge in [0, 0.05) is 0 Å². The van der Waals surface area contributed by atoms with Gasteiger partial charge in [0.25, 0.3) is 0 Å². The van der Waals surface area contributed by atoms with Crippen molar-refractivity contribution in [2.75, 3.05) is 5.01 Å². The van der Waals surface area contributed by atoms with Crippen LogP contribution in [0.25, 0.3) is 0 Å². The molecule has 0 fully saturated rings. The lowest BCUT2D eigenvalue weighted by molar-refractivity contribution is -0.804. The molecule has 1 N–H and O–H groups in total. The van der Waals surface area contributed by atoms with Crippen molar-refractivity contribution in [3.63, 3.8) is 0 Å². The van der Waals surface area contributed by atoms with Gasteiger partial charge in [-0.05, 0) is 32.9 Å². The van der Waals surface area contributed by atoms with Gasteiger partial charge in [0.05, 0.1) is 0 Å². The summed E-state index contributed by atoms with van der Waals surface area (Å²) in [5.74, 6) is 0. The molecule has 0 atom stereocenters. The van der Waals surface area contributed by atoms with E-state index in [9.17, 15) is 4.91 Å². The highest BCUT2D eigenvalue weighted by Gasteiger charge is 2.35. The number of rotatable bonds is 2. The standard InChI is InChI=1S/C10H15N2O2/c1-10(2,3)11(12(13)14)9-7-5-4-6-8-9/h4-8H,1-3H3,(H,13,14)/q+1. The van der Waals surface area contributed by atoms with Crippen LogP contribution >= 0.6 is 0 Å². The van der Waals surface area contributed by atoms with Gasteiger partial charge < -0.3 is 0 Å². The highest BCUT2D eigenvalue weighted by molar-refractivity contribution is 5.44. The molecule has 0 aliphatic carbocycles. The van der Waals surface area contributed by atoms with E-state index in [2.05, 4.69) is 0 Å². The van der Waals surface area contributed by atoms with E-state index in [1.165, 1.54) is 5.01 Å². The Kier molecular flexibility index (Phi) is 2.74. The molecule has 1 rings (SSSR count). The van der Waals surface area contributed by atoms with E-state index in [4.69, 9.17) is 5.21 Å². The third kappa shape index (κ3) is 2.22. The molecule has 1 aromatic rings. The van der Waals surface area contributed by atoms with Crippen molar-refractivity contribution in [3.8, 4) is 0 Å². The molecule has 0 aromatic heterocycles. The minimum Gasteiger partial charge on any atom is -0.219 e. The van der Waals surface area contributed by atoms with E-state index in [0.29, 0.717) is 5.69 Å². The number of para-hydroxylation sites is 1. The van der Waals surface area contributed by atoms with Crippen LogP contribution in [-0.2, 0) is 0 Å². The van der Waals surface area contributed by atoms with Gasteiger partial charge in [-0.25, -0.2) is 5.21 Å². The van der Waals surface area contributed by atoms with Crippen LogP contribution in [0.4, 0.5) is 5.69 Å². The fraction of sp³-hybridized carbons (Fsp3) is 0.400. The maximum absolute atomic E-state index is 11.0. The molecule has 0 aliphatic heterocycles. The predicted octanol–water partition coefficient (Wildman–Crippen LogP) is 2.37. The van der Waals surface area contributed by atoms with Gasteiger partial charge in [-0.2, -0.15) is 0 Å². The van der Waals surface area contributed by atoms with Crippen molar-refractivity contribution in [1.29, 1.82) is 0 Å². The first-order valence-electron chi connectivity index (χ1n) is 4.44. The molecule has 0 radical (unpaired) electrons. The van der Waals surface area contributed by atoms with Crippen molar-refractivity contribution in [2.45, 2.75) is 26.3 Å². The maximum Gasteiger partial charge on any atom is 0.362 e. The van der Waals surface area contributed by atoms with Crippen LogP contribution in [0.3, 0.4) is 0 Å². The van der Waals surface area contributed by atoms with Crippen molar-refractivity contribution in [3.05, 3.63) is 35.2 Å². The molecule has 4 heteroatoms. The maximum atomic E-state index is 11.0. The van der Waals surface area contributed by atoms with Gasteiger partial charge in [-0.15, -0.1) is 0 Å². The summed E-state index contributed by atoms with van der Waals surface area (Å²) >= 11 is 0. The van der Waals surface area contributed by atoms with E-state index in [1.54, 1.807) is 12.1 Å². The third-order valence-electron chi connectivity index (χ3n) is 1.81.